The molecule has 1 heterocycles. The Balaban J connectivity index is 2.35. The molecular weight excluding hydrogens is 210 g/mol. The summed E-state index contributed by atoms with van der Waals surface area (Å²) in [4.78, 5) is 4.70. The number of rotatable bonds is 2. The van der Waals surface area contributed by atoms with Crippen LogP contribution in [0, 0.1) is 0 Å². The molecule has 88 valence electrons. The van der Waals surface area contributed by atoms with Gasteiger partial charge < -0.3 is 0 Å². The van der Waals surface area contributed by atoms with Crippen molar-refractivity contribution in [1.82, 2.24) is 5.43 Å². The molecule has 0 amide bonds. The van der Waals surface area contributed by atoms with Gasteiger partial charge in [0, 0.05) is 5.56 Å². The largest absolute Gasteiger partial charge is 0.261 e. The highest BCUT2D eigenvalue weighted by atomic mass is 15.4. The van der Waals surface area contributed by atoms with E-state index in [-0.39, 0.29) is 5.54 Å². The average molecular weight is 227 g/mol. The van der Waals surface area contributed by atoms with Crippen LogP contribution in [0.25, 0.3) is 0 Å². The number of nitrogens with one attached hydrogen (secondary N) is 1. The highest BCUT2D eigenvalue weighted by molar-refractivity contribution is 6.11. The third kappa shape index (κ3) is 2.28. The second-order valence-electron chi connectivity index (χ2n) is 4.74. The average Bonchev–Trinajstić information content (AvgIpc) is 2.28. The molecule has 1 aromatic rings. The minimum atomic E-state index is -0.331. The Bertz CT molecular complexity index is 495. The predicted octanol–water partition coefficient (Wildman–Crippen LogP) is 2.75. The first-order chi connectivity index (χ1) is 8.00. The van der Waals surface area contributed by atoms with E-state index in [2.05, 4.69) is 17.1 Å². The van der Waals surface area contributed by atoms with Gasteiger partial charge in [-0.15, -0.1) is 0 Å². The molecule has 0 saturated heterocycles. The highest BCUT2D eigenvalue weighted by Gasteiger charge is 2.29. The summed E-state index contributed by atoms with van der Waals surface area (Å²) in [6.45, 7) is 9.97. The van der Waals surface area contributed by atoms with Crippen LogP contribution in [0.2, 0.25) is 0 Å². The fraction of sp³-hybridized carbons (Fsp3) is 0.286. The fourth-order valence-electron chi connectivity index (χ4n) is 1.95. The molecule has 3 nitrogen and oxygen atoms in total. The van der Waals surface area contributed by atoms with Crippen LogP contribution in [0.1, 0.15) is 26.3 Å². The zero-order valence-corrected chi connectivity index (χ0v) is 10.5. The quantitative estimate of drug-likeness (QED) is 0.828. The van der Waals surface area contributed by atoms with E-state index in [1.807, 2.05) is 51.1 Å². The van der Waals surface area contributed by atoms with Crippen molar-refractivity contribution < 1.29 is 0 Å². The molecule has 0 fully saturated rings. The second-order valence-corrected chi connectivity index (χ2v) is 4.74. The smallest absolute Gasteiger partial charge is 0.149 e. The molecule has 0 atom stereocenters. The van der Waals surface area contributed by atoms with Gasteiger partial charge in [0.15, 0.2) is 0 Å². The van der Waals surface area contributed by atoms with Gasteiger partial charge in [0.25, 0.3) is 0 Å². The van der Waals surface area contributed by atoms with Crippen LogP contribution in [0.3, 0.4) is 0 Å². The molecule has 17 heavy (non-hydrogen) atoms. The SMILES string of the molecule is C=C(C)C1=NNC(c2ccccc2)=NC1(C)C. The topological polar surface area (TPSA) is 36.8 Å². The van der Waals surface area contributed by atoms with E-state index in [1.54, 1.807) is 0 Å². The molecule has 0 unspecified atom stereocenters. The monoisotopic (exact) mass is 227 g/mol. The number of nitrogens with zero attached hydrogens (tertiary/aromatic N) is 2. The van der Waals surface area contributed by atoms with E-state index in [0.29, 0.717) is 0 Å². The Hall–Kier alpha value is -1.90. The molecule has 0 radical (unpaired) electrons. The van der Waals surface area contributed by atoms with Gasteiger partial charge >= 0.3 is 0 Å². The molecule has 0 aliphatic carbocycles. The molecule has 2 rings (SSSR count). The van der Waals surface area contributed by atoms with Crippen molar-refractivity contribution in [3.8, 4) is 0 Å². The number of benzene rings is 1. The third-order valence-corrected chi connectivity index (χ3v) is 2.70. The lowest BCUT2D eigenvalue weighted by Gasteiger charge is -2.28. The molecule has 1 aliphatic rings. The Labute approximate surface area is 102 Å². The first kappa shape index (κ1) is 11.6. The molecule has 0 bridgehead atoms. The van der Waals surface area contributed by atoms with Gasteiger partial charge in [-0.2, -0.15) is 5.10 Å². The van der Waals surface area contributed by atoms with E-state index in [1.165, 1.54) is 0 Å². The van der Waals surface area contributed by atoms with Crippen LogP contribution in [0.5, 0.6) is 0 Å². The second kappa shape index (κ2) is 4.17. The number of aliphatic imine (C=N–C) groups is 1. The maximum atomic E-state index is 4.70. The number of hydrogen-bond donors (Lipinski definition) is 1. The van der Waals surface area contributed by atoms with Gasteiger partial charge in [0.05, 0.1) is 5.71 Å². The lowest BCUT2D eigenvalue weighted by molar-refractivity contribution is 0.670. The van der Waals surface area contributed by atoms with Crippen LogP contribution >= 0.6 is 0 Å². The first-order valence-corrected chi connectivity index (χ1v) is 5.66. The number of amidine groups is 1. The summed E-state index contributed by atoms with van der Waals surface area (Å²) in [6.07, 6.45) is 0. The molecule has 0 aromatic heterocycles. The fourth-order valence-corrected chi connectivity index (χ4v) is 1.95. The van der Waals surface area contributed by atoms with Crippen LogP contribution < -0.4 is 5.43 Å². The first-order valence-electron chi connectivity index (χ1n) is 5.66. The molecule has 1 aliphatic heterocycles. The van der Waals surface area contributed by atoms with Gasteiger partial charge in [-0.1, -0.05) is 36.9 Å². The summed E-state index contributed by atoms with van der Waals surface area (Å²) in [7, 11) is 0. The predicted molar refractivity (Wildman–Crippen MR) is 72.4 cm³/mol. The lowest BCUT2D eigenvalue weighted by Crippen LogP contribution is -2.40. The van der Waals surface area contributed by atoms with E-state index in [9.17, 15) is 0 Å². The summed E-state index contributed by atoms with van der Waals surface area (Å²) >= 11 is 0. The van der Waals surface area contributed by atoms with E-state index in [4.69, 9.17) is 4.99 Å². The van der Waals surface area contributed by atoms with Crippen molar-refractivity contribution in [2.75, 3.05) is 0 Å². The summed E-state index contributed by atoms with van der Waals surface area (Å²) in [5, 5.41) is 4.38. The molecule has 1 N–H and O–H groups in total. The Morgan fingerprint density at radius 1 is 1.24 bits per heavy atom. The molecule has 0 saturated carbocycles. The van der Waals surface area contributed by atoms with Gasteiger partial charge in [0.2, 0.25) is 0 Å². The van der Waals surface area contributed by atoms with E-state index < -0.39 is 0 Å². The normalized spacial score (nSPS) is 17.8. The van der Waals surface area contributed by atoms with Crippen LogP contribution in [0.4, 0.5) is 0 Å². The van der Waals surface area contributed by atoms with Crippen molar-refractivity contribution in [2.24, 2.45) is 10.1 Å². The molecule has 0 spiro atoms. The standard InChI is InChI=1S/C14H17N3/c1-10(2)12-14(3,4)15-13(17-16-12)11-8-6-5-7-9-11/h5-9H,1H2,2-4H3,(H,15,17). The Morgan fingerprint density at radius 2 is 1.88 bits per heavy atom. The molecular formula is C14H17N3. The van der Waals surface area contributed by atoms with Gasteiger partial charge in [-0.05, 0) is 26.3 Å². The minimum absolute atomic E-state index is 0.331. The third-order valence-electron chi connectivity index (χ3n) is 2.70. The van der Waals surface area contributed by atoms with Gasteiger partial charge in [-0.3, -0.25) is 10.4 Å². The van der Waals surface area contributed by atoms with Crippen molar-refractivity contribution in [2.45, 2.75) is 26.3 Å². The summed E-state index contributed by atoms with van der Waals surface area (Å²) in [5.41, 5.74) is 5.56. The van der Waals surface area contributed by atoms with Crippen LogP contribution in [-0.4, -0.2) is 17.1 Å². The lowest BCUT2D eigenvalue weighted by atomic mass is 9.93. The Kier molecular flexibility index (Phi) is 2.84. The van der Waals surface area contributed by atoms with Crippen molar-refractivity contribution in [3.05, 3.63) is 48.0 Å². The van der Waals surface area contributed by atoms with Gasteiger partial charge in [-0.25, -0.2) is 0 Å². The zero-order chi connectivity index (χ0) is 12.5. The van der Waals surface area contributed by atoms with Crippen molar-refractivity contribution in [3.63, 3.8) is 0 Å². The summed E-state index contributed by atoms with van der Waals surface area (Å²) < 4.78 is 0. The van der Waals surface area contributed by atoms with E-state index in [0.717, 1.165) is 22.7 Å². The number of hydrogen-bond acceptors (Lipinski definition) is 3. The molecule has 3 heteroatoms. The maximum Gasteiger partial charge on any atom is 0.149 e. The maximum absolute atomic E-state index is 4.70. The number of hydrazone groups is 1. The van der Waals surface area contributed by atoms with Crippen molar-refractivity contribution >= 4 is 11.5 Å². The van der Waals surface area contributed by atoms with Crippen LogP contribution in [0.15, 0.2) is 52.6 Å². The van der Waals surface area contributed by atoms with Crippen molar-refractivity contribution in [1.29, 1.82) is 0 Å². The van der Waals surface area contributed by atoms with Gasteiger partial charge in [0.1, 0.15) is 11.4 Å². The minimum Gasteiger partial charge on any atom is -0.261 e. The van der Waals surface area contributed by atoms with E-state index >= 15 is 0 Å². The molecule has 1 aromatic carbocycles. The zero-order valence-electron chi connectivity index (χ0n) is 10.5. The Morgan fingerprint density at radius 3 is 2.41 bits per heavy atom. The summed E-state index contributed by atoms with van der Waals surface area (Å²) in [5.74, 6) is 0.806. The summed E-state index contributed by atoms with van der Waals surface area (Å²) in [6, 6.07) is 10.0. The van der Waals surface area contributed by atoms with Crippen LogP contribution in [-0.2, 0) is 0 Å². The highest BCUT2D eigenvalue weighted by Crippen LogP contribution is 2.20.